The van der Waals surface area contributed by atoms with Crippen LogP contribution in [-0.4, -0.2) is 59.6 Å². The van der Waals surface area contributed by atoms with Gasteiger partial charge in [0.05, 0.1) is 23.2 Å². The number of halogens is 1. The van der Waals surface area contributed by atoms with Crippen molar-refractivity contribution in [3.8, 4) is 0 Å². The number of amides is 2. The van der Waals surface area contributed by atoms with E-state index in [9.17, 15) is 9.59 Å². The van der Waals surface area contributed by atoms with Gasteiger partial charge in [0.15, 0.2) is 0 Å². The predicted octanol–water partition coefficient (Wildman–Crippen LogP) is 3.57. The van der Waals surface area contributed by atoms with Crippen molar-refractivity contribution in [1.29, 1.82) is 0 Å². The lowest BCUT2D eigenvalue weighted by molar-refractivity contribution is -0.199. The Hall–Kier alpha value is -0.825. The first-order chi connectivity index (χ1) is 15.8. The van der Waals surface area contributed by atoms with E-state index >= 15 is 0 Å². The summed E-state index contributed by atoms with van der Waals surface area (Å²) in [5.41, 5.74) is 5.57. The Kier molecular flexibility index (Phi) is 8.05. The Balaban J connectivity index is 0.00000342. The molecule has 9 heteroatoms. The summed E-state index contributed by atoms with van der Waals surface area (Å²) >= 11 is 0. The third kappa shape index (κ3) is 4.55. The first-order valence-corrected chi connectivity index (χ1v) is 13.5. The molecule has 200 valence electrons. The molecule has 7 atom stereocenters. The number of nitrogens with zero attached hydrogens (tertiary/aromatic N) is 1. The molecule has 5 fully saturated rings. The van der Waals surface area contributed by atoms with Crippen LogP contribution < -0.4 is 11.1 Å². The summed E-state index contributed by atoms with van der Waals surface area (Å²) in [7, 11) is -0.461. The average molecular weight is 512 g/mol. The quantitative estimate of drug-likeness (QED) is 0.486. The van der Waals surface area contributed by atoms with Crippen LogP contribution >= 0.6 is 12.4 Å². The van der Waals surface area contributed by atoms with E-state index in [0.717, 1.165) is 6.42 Å². The topological polar surface area (TPSA) is 93.9 Å². The summed E-state index contributed by atoms with van der Waals surface area (Å²) in [5, 5.41) is 3.22. The van der Waals surface area contributed by atoms with E-state index in [1.807, 2.05) is 20.8 Å². The highest BCUT2D eigenvalue weighted by Gasteiger charge is 2.68. The van der Waals surface area contributed by atoms with Crippen LogP contribution in [-0.2, 0) is 18.9 Å². The monoisotopic (exact) mass is 511 g/mol. The van der Waals surface area contributed by atoms with Crippen LogP contribution in [0.15, 0.2) is 0 Å². The molecule has 2 saturated heterocycles. The molecule has 6 unspecified atom stereocenters. The molecule has 7 nitrogen and oxygen atoms in total. The zero-order chi connectivity index (χ0) is 25.2. The van der Waals surface area contributed by atoms with Crippen molar-refractivity contribution in [3.63, 3.8) is 0 Å². The summed E-state index contributed by atoms with van der Waals surface area (Å²) in [4.78, 5) is 28.6. The molecular weight excluding hydrogens is 465 g/mol. The molecule has 35 heavy (non-hydrogen) atoms. The van der Waals surface area contributed by atoms with Gasteiger partial charge in [-0.1, -0.05) is 48.5 Å². The number of carbonyl (C=O) groups excluding carboxylic acids is 2. The molecule has 3 N–H and O–H groups in total. The molecule has 3 saturated carbocycles. The van der Waals surface area contributed by atoms with Crippen molar-refractivity contribution in [2.24, 2.45) is 34.8 Å². The fourth-order valence-corrected chi connectivity index (χ4v) is 7.15. The van der Waals surface area contributed by atoms with Gasteiger partial charge < -0.3 is 25.3 Å². The Morgan fingerprint density at radius 2 is 1.89 bits per heavy atom. The molecule has 0 radical (unpaired) electrons. The molecule has 2 amide bonds. The summed E-state index contributed by atoms with van der Waals surface area (Å²) in [5.74, 6) is 0.967. The summed E-state index contributed by atoms with van der Waals surface area (Å²) in [6.07, 6.45) is 4.18. The Morgan fingerprint density at radius 1 is 1.23 bits per heavy atom. The van der Waals surface area contributed by atoms with Crippen LogP contribution in [0, 0.1) is 29.1 Å². The van der Waals surface area contributed by atoms with Gasteiger partial charge in [-0.15, -0.1) is 12.4 Å². The molecule has 0 spiro atoms. The van der Waals surface area contributed by atoms with E-state index in [0.29, 0.717) is 37.6 Å². The summed E-state index contributed by atoms with van der Waals surface area (Å²) < 4.78 is 13.1. The van der Waals surface area contributed by atoms with Gasteiger partial charge >= 0.3 is 7.12 Å². The van der Waals surface area contributed by atoms with Gasteiger partial charge in [-0.25, -0.2) is 0 Å². The third-order valence-electron chi connectivity index (χ3n) is 9.89. The third-order valence-corrected chi connectivity index (χ3v) is 9.89. The highest BCUT2D eigenvalue weighted by molar-refractivity contribution is 6.47. The normalized spacial score (nSPS) is 37.1. The number of nitrogens with two attached hydrogens (primary N) is 1. The number of likely N-dealkylation sites (tertiary alicyclic amines) is 1. The van der Waals surface area contributed by atoms with E-state index in [2.05, 4.69) is 39.9 Å². The van der Waals surface area contributed by atoms with Crippen molar-refractivity contribution >= 4 is 31.3 Å². The van der Waals surface area contributed by atoms with Crippen LogP contribution in [0.2, 0.25) is 0 Å². The fraction of sp³-hybridized carbons (Fsp3) is 0.923. The lowest BCUT2D eigenvalue weighted by Crippen LogP contribution is -2.65. The maximum absolute atomic E-state index is 13.6. The van der Waals surface area contributed by atoms with Crippen molar-refractivity contribution in [1.82, 2.24) is 10.2 Å². The van der Waals surface area contributed by atoms with Crippen molar-refractivity contribution in [2.45, 2.75) is 117 Å². The first kappa shape index (κ1) is 28.7. The summed E-state index contributed by atoms with van der Waals surface area (Å²) in [6.45, 7) is 17.6. The number of carbonyl (C=O) groups is 2. The highest BCUT2D eigenvalue weighted by atomic mass is 35.5. The molecule has 0 aromatic rings. The standard InChI is InChI=1S/C26H46BN3O4.ClH/c1-9-21(27-33-20-14-17-13-19(24(17,6)7)25(20,8)34-27)29-22(31)18(12-15(2)3)30-11-10-26(28,16(4)5)23(30)32;/h15-21H,9-14,28H2,1-8H3,(H,29,31);1H/t17?,18-,19?,20?,21?,25?,26?;/m1./s1. The van der Waals surface area contributed by atoms with Gasteiger partial charge in [-0.3, -0.25) is 9.59 Å². The van der Waals surface area contributed by atoms with Crippen LogP contribution in [0.3, 0.4) is 0 Å². The molecule has 3 aliphatic carbocycles. The molecule has 2 bridgehead atoms. The van der Waals surface area contributed by atoms with E-state index in [1.165, 1.54) is 6.42 Å². The fourth-order valence-electron chi connectivity index (χ4n) is 7.15. The Labute approximate surface area is 218 Å². The zero-order valence-corrected chi connectivity index (χ0v) is 23.7. The molecule has 0 aromatic heterocycles. The second kappa shape index (κ2) is 9.81. The lowest BCUT2D eigenvalue weighted by Gasteiger charge is -2.64. The maximum Gasteiger partial charge on any atom is 0.481 e. The minimum absolute atomic E-state index is 0. The van der Waals surface area contributed by atoms with Crippen LogP contribution in [0.1, 0.15) is 87.5 Å². The predicted molar refractivity (Wildman–Crippen MR) is 141 cm³/mol. The minimum atomic E-state index is -0.894. The van der Waals surface area contributed by atoms with E-state index < -0.39 is 18.7 Å². The highest BCUT2D eigenvalue weighted by Crippen LogP contribution is 2.65. The van der Waals surface area contributed by atoms with Gasteiger partial charge in [0.2, 0.25) is 11.8 Å². The molecular formula is C26H47BClN3O4. The minimum Gasteiger partial charge on any atom is -0.404 e. The smallest absolute Gasteiger partial charge is 0.404 e. The van der Waals surface area contributed by atoms with Crippen molar-refractivity contribution in [2.75, 3.05) is 6.54 Å². The van der Waals surface area contributed by atoms with Gasteiger partial charge in [-0.2, -0.15) is 0 Å². The SMILES string of the molecule is CCC(NC(=O)[C@@H](CC(C)C)N1CCC(N)(C(C)C)C1=O)B1OC2CC3CC(C3(C)C)C2(C)O1.Cl. The maximum atomic E-state index is 13.6. The van der Waals surface area contributed by atoms with Gasteiger partial charge in [0, 0.05) is 6.54 Å². The molecule has 2 heterocycles. The van der Waals surface area contributed by atoms with E-state index in [4.69, 9.17) is 15.0 Å². The molecule has 5 rings (SSSR count). The zero-order valence-electron chi connectivity index (χ0n) is 22.9. The molecule has 5 aliphatic rings. The van der Waals surface area contributed by atoms with Crippen LogP contribution in [0.25, 0.3) is 0 Å². The lowest BCUT2D eigenvalue weighted by atomic mass is 9.43. The number of rotatable bonds is 8. The Bertz CT molecular complexity index is 826. The van der Waals surface area contributed by atoms with Gasteiger partial charge in [-0.05, 0) is 68.1 Å². The Morgan fingerprint density at radius 3 is 2.40 bits per heavy atom. The van der Waals surface area contributed by atoms with Gasteiger partial charge in [0.25, 0.3) is 0 Å². The van der Waals surface area contributed by atoms with E-state index in [1.54, 1.807) is 4.90 Å². The van der Waals surface area contributed by atoms with E-state index in [-0.39, 0.29) is 59.1 Å². The molecule has 2 aliphatic heterocycles. The summed E-state index contributed by atoms with van der Waals surface area (Å²) in [6, 6.07) is -0.531. The largest absolute Gasteiger partial charge is 0.481 e. The number of nitrogens with one attached hydrogen (secondary N) is 1. The second-order valence-electron chi connectivity index (χ2n) is 12.9. The van der Waals surface area contributed by atoms with Crippen molar-refractivity contribution in [3.05, 3.63) is 0 Å². The first-order valence-electron chi connectivity index (χ1n) is 13.5. The second-order valence-corrected chi connectivity index (χ2v) is 12.9. The van der Waals surface area contributed by atoms with Gasteiger partial charge in [0.1, 0.15) is 6.04 Å². The number of hydrogen-bond donors (Lipinski definition) is 2. The van der Waals surface area contributed by atoms with Crippen molar-refractivity contribution < 1.29 is 18.9 Å². The number of hydrogen-bond acceptors (Lipinski definition) is 5. The van der Waals surface area contributed by atoms with Crippen LogP contribution in [0.4, 0.5) is 0 Å². The molecule has 0 aromatic carbocycles. The average Bonchev–Trinajstić information content (AvgIpc) is 3.26. The van der Waals surface area contributed by atoms with Crippen LogP contribution in [0.5, 0.6) is 0 Å².